The number of carbonyl (C=O) groups is 1. The molecular formula is C25H47N3O4. The van der Waals surface area contributed by atoms with Gasteiger partial charge in [-0.3, -0.25) is 5.73 Å². The highest BCUT2D eigenvalue weighted by Crippen LogP contribution is 2.14. The van der Waals surface area contributed by atoms with Gasteiger partial charge in [0.1, 0.15) is 12.4 Å². The van der Waals surface area contributed by atoms with E-state index in [4.69, 9.17) is 15.2 Å². The molecule has 0 saturated heterocycles. The van der Waals surface area contributed by atoms with Crippen LogP contribution in [0.3, 0.4) is 0 Å². The second-order valence-corrected chi connectivity index (χ2v) is 8.76. The zero-order valence-corrected chi connectivity index (χ0v) is 20.5. The SMILES string of the molecule is CCCCCCCCCCCCCCCCCCNC(=O)OC(N)C(C)Oc1ccon1. The molecular weight excluding hydrogens is 406 g/mol. The van der Waals surface area contributed by atoms with Crippen molar-refractivity contribution in [3.8, 4) is 5.88 Å². The maximum Gasteiger partial charge on any atom is 0.408 e. The predicted molar refractivity (Wildman–Crippen MR) is 129 cm³/mol. The number of nitrogens with one attached hydrogen (secondary N) is 1. The summed E-state index contributed by atoms with van der Waals surface area (Å²) in [4.78, 5) is 11.8. The molecule has 2 unspecified atom stereocenters. The van der Waals surface area contributed by atoms with Crippen molar-refractivity contribution in [3.63, 3.8) is 0 Å². The van der Waals surface area contributed by atoms with Crippen LogP contribution in [-0.4, -0.2) is 30.1 Å². The molecule has 0 aliphatic rings. The summed E-state index contributed by atoms with van der Waals surface area (Å²) in [5.74, 6) is 0.310. The van der Waals surface area contributed by atoms with Gasteiger partial charge >= 0.3 is 6.09 Å². The maximum atomic E-state index is 11.8. The molecule has 1 aromatic rings. The minimum Gasteiger partial charge on any atom is -0.467 e. The number of amides is 1. The van der Waals surface area contributed by atoms with Crippen LogP contribution in [0.2, 0.25) is 0 Å². The van der Waals surface area contributed by atoms with E-state index in [1.807, 2.05) is 0 Å². The first-order valence-electron chi connectivity index (χ1n) is 12.9. The molecule has 0 aliphatic carbocycles. The average Bonchev–Trinajstić information content (AvgIpc) is 3.29. The van der Waals surface area contributed by atoms with Crippen LogP contribution >= 0.6 is 0 Å². The summed E-state index contributed by atoms with van der Waals surface area (Å²) in [5.41, 5.74) is 5.83. The Morgan fingerprint density at radius 1 is 0.938 bits per heavy atom. The van der Waals surface area contributed by atoms with E-state index < -0.39 is 18.4 Å². The van der Waals surface area contributed by atoms with Crippen LogP contribution in [0.25, 0.3) is 0 Å². The summed E-state index contributed by atoms with van der Waals surface area (Å²) >= 11 is 0. The number of alkyl carbamates (subject to hydrolysis) is 1. The Balaban J connectivity index is 1.82. The second-order valence-electron chi connectivity index (χ2n) is 8.76. The van der Waals surface area contributed by atoms with Gasteiger partial charge in [-0.25, -0.2) is 4.79 Å². The molecule has 1 heterocycles. The van der Waals surface area contributed by atoms with Crippen molar-refractivity contribution in [3.05, 3.63) is 12.3 Å². The van der Waals surface area contributed by atoms with E-state index in [1.165, 1.54) is 96.2 Å². The highest BCUT2D eigenvalue weighted by Gasteiger charge is 2.19. The van der Waals surface area contributed by atoms with Gasteiger partial charge in [-0.15, -0.1) is 0 Å². The number of hydrogen-bond donors (Lipinski definition) is 2. The lowest BCUT2D eigenvalue weighted by molar-refractivity contribution is 0.0246. The summed E-state index contributed by atoms with van der Waals surface area (Å²) < 4.78 is 15.2. The van der Waals surface area contributed by atoms with Crippen molar-refractivity contribution >= 4 is 6.09 Å². The van der Waals surface area contributed by atoms with E-state index >= 15 is 0 Å². The monoisotopic (exact) mass is 453 g/mol. The number of hydrogen-bond acceptors (Lipinski definition) is 6. The van der Waals surface area contributed by atoms with Crippen LogP contribution in [0.1, 0.15) is 117 Å². The third-order valence-corrected chi connectivity index (χ3v) is 5.73. The van der Waals surface area contributed by atoms with Gasteiger partial charge in [0, 0.05) is 12.6 Å². The molecule has 7 heteroatoms. The van der Waals surface area contributed by atoms with Gasteiger partial charge in [0.15, 0.2) is 6.23 Å². The lowest BCUT2D eigenvalue weighted by atomic mass is 10.0. The average molecular weight is 454 g/mol. The normalized spacial score (nSPS) is 13.0. The number of aromatic nitrogens is 1. The molecule has 0 radical (unpaired) electrons. The fraction of sp³-hybridized carbons (Fsp3) is 0.840. The van der Waals surface area contributed by atoms with E-state index in [0.29, 0.717) is 12.4 Å². The van der Waals surface area contributed by atoms with Crippen molar-refractivity contribution in [2.45, 2.75) is 129 Å². The minimum atomic E-state index is -0.877. The molecule has 3 N–H and O–H groups in total. The van der Waals surface area contributed by atoms with Crippen molar-refractivity contribution in [1.82, 2.24) is 10.5 Å². The number of nitrogens with zero attached hydrogens (tertiary/aromatic N) is 1. The first-order valence-corrected chi connectivity index (χ1v) is 12.9. The number of rotatable bonds is 21. The second kappa shape index (κ2) is 19.9. The van der Waals surface area contributed by atoms with Crippen molar-refractivity contribution in [1.29, 1.82) is 0 Å². The summed E-state index contributed by atoms with van der Waals surface area (Å²) in [5, 5.41) is 6.38. The Hall–Kier alpha value is -1.76. The van der Waals surface area contributed by atoms with E-state index in [2.05, 4.69) is 21.9 Å². The summed E-state index contributed by atoms with van der Waals surface area (Å²) in [6.07, 6.45) is 20.8. The molecule has 1 rings (SSSR count). The Labute approximate surface area is 195 Å². The Bertz CT molecular complexity index is 539. The number of unbranched alkanes of at least 4 members (excludes halogenated alkanes) is 15. The summed E-state index contributed by atoms with van der Waals surface area (Å²) in [7, 11) is 0. The molecule has 0 aliphatic heterocycles. The van der Waals surface area contributed by atoms with Gasteiger partial charge in [-0.05, 0) is 18.5 Å². The van der Waals surface area contributed by atoms with E-state index in [0.717, 1.165) is 12.8 Å². The van der Waals surface area contributed by atoms with Crippen LogP contribution in [0, 0.1) is 0 Å². The van der Waals surface area contributed by atoms with Crippen molar-refractivity contribution < 1.29 is 18.8 Å². The zero-order valence-electron chi connectivity index (χ0n) is 20.5. The van der Waals surface area contributed by atoms with Crippen molar-refractivity contribution in [2.75, 3.05) is 6.54 Å². The predicted octanol–water partition coefficient (Wildman–Crippen LogP) is 6.71. The molecule has 0 fully saturated rings. The molecule has 2 atom stereocenters. The maximum absolute atomic E-state index is 11.8. The molecule has 0 saturated carbocycles. The van der Waals surface area contributed by atoms with Gasteiger partial charge in [0.2, 0.25) is 0 Å². The Morgan fingerprint density at radius 3 is 1.91 bits per heavy atom. The first kappa shape index (κ1) is 28.3. The van der Waals surface area contributed by atoms with Gasteiger partial charge in [0.05, 0.1) is 0 Å². The molecule has 1 aromatic heterocycles. The topological polar surface area (TPSA) is 99.6 Å². The van der Waals surface area contributed by atoms with Crippen molar-refractivity contribution in [2.24, 2.45) is 5.73 Å². The molecule has 0 aromatic carbocycles. The fourth-order valence-electron chi connectivity index (χ4n) is 3.64. The van der Waals surface area contributed by atoms with E-state index in [-0.39, 0.29) is 0 Å². The fourth-order valence-corrected chi connectivity index (χ4v) is 3.64. The smallest absolute Gasteiger partial charge is 0.408 e. The zero-order chi connectivity index (χ0) is 23.3. The molecule has 1 amide bonds. The first-order chi connectivity index (χ1) is 15.6. The molecule has 0 bridgehead atoms. The third kappa shape index (κ3) is 16.0. The highest BCUT2D eigenvalue weighted by atomic mass is 16.6. The molecule has 7 nitrogen and oxygen atoms in total. The largest absolute Gasteiger partial charge is 0.467 e. The molecule has 0 spiro atoms. The van der Waals surface area contributed by atoms with Crippen LogP contribution in [-0.2, 0) is 4.74 Å². The Morgan fingerprint density at radius 2 is 1.44 bits per heavy atom. The summed E-state index contributed by atoms with van der Waals surface area (Å²) in [6.45, 7) is 4.58. The van der Waals surface area contributed by atoms with E-state index in [9.17, 15) is 4.79 Å². The van der Waals surface area contributed by atoms with Crippen LogP contribution in [0.5, 0.6) is 5.88 Å². The third-order valence-electron chi connectivity index (χ3n) is 5.73. The molecule has 186 valence electrons. The standard InChI is InChI=1S/C25H47N3O4/c1-3-4-5-6-7-8-9-10-11-12-13-14-15-16-17-18-20-27-25(29)32-24(26)22(2)31-23-19-21-30-28-23/h19,21-22,24H,3-18,20,26H2,1-2H3,(H,27,29). The van der Waals surface area contributed by atoms with Gasteiger partial charge < -0.3 is 19.3 Å². The van der Waals surface area contributed by atoms with Gasteiger partial charge in [0.25, 0.3) is 5.88 Å². The van der Waals surface area contributed by atoms with Crippen LogP contribution in [0.4, 0.5) is 4.79 Å². The molecule has 32 heavy (non-hydrogen) atoms. The van der Waals surface area contributed by atoms with Crippen LogP contribution < -0.4 is 15.8 Å². The number of nitrogens with two attached hydrogens (primary N) is 1. The van der Waals surface area contributed by atoms with Crippen LogP contribution in [0.15, 0.2) is 16.9 Å². The Kier molecular flexibility index (Phi) is 17.6. The quantitative estimate of drug-likeness (QED) is 0.158. The van der Waals surface area contributed by atoms with Gasteiger partial charge in [-0.1, -0.05) is 103 Å². The van der Waals surface area contributed by atoms with E-state index in [1.54, 1.807) is 13.0 Å². The number of carbonyl (C=O) groups excluding carboxylic acids is 1. The lowest BCUT2D eigenvalue weighted by Gasteiger charge is -2.20. The highest BCUT2D eigenvalue weighted by molar-refractivity contribution is 5.67. The lowest BCUT2D eigenvalue weighted by Crippen LogP contribution is -2.43. The number of ether oxygens (including phenoxy) is 2. The minimum absolute atomic E-state index is 0.310. The van der Waals surface area contributed by atoms with Gasteiger partial charge in [-0.2, -0.15) is 0 Å². The summed E-state index contributed by atoms with van der Waals surface area (Å²) in [6, 6.07) is 1.57.